The third-order valence-corrected chi connectivity index (χ3v) is 3.34. The van der Waals surface area contributed by atoms with Crippen molar-refractivity contribution in [3.8, 4) is 11.5 Å². The van der Waals surface area contributed by atoms with Crippen molar-refractivity contribution in [3.63, 3.8) is 0 Å². The van der Waals surface area contributed by atoms with E-state index in [1.807, 2.05) is 24.3 Å². The maximum absolute atomic E-state index is 9.42. The van der Waals surface area contributed by atoms with Gasteiger partial charge in [-0.05, 0) is 58.7 Å². The van der Waals surface area contributed by atoms with E-state index in [9.17, 15) is 5.11 Å². The molecule has 2 aromatic carbocycles. The third kappa shape index (κ3) is 3.25. The van der Waals surface area contributed by atoms with Gasteiger partial charge in [-0.15, -0.1) is 0 Å². The Bertz CT molecular complexity index is 538. The van der Waals surface area contributed by atoms with Crippen molar-refractivity contribution < 1.29 is 9.84 Å². The zero-order chi connectivity index (χ0) is 13.1. The highest BCUT2D eigenvalue weighted by atomic mass is 79.9. The smallest absolute Gasteiger partial charge is 0.141 e. The number of hydrogen-bond acceptors (Lipinski definition) is 2. The van der Waals surface area contributed by atoms with Crippen molar-refractivity contribution in [3.05, 3.63) is 57.5 Å². The monoisotopic (exact) mass is 326 g/mol. The zero-order valence-electron chi connectivity index (χ0n) is 9.73. The first kappa shape index (κ1) is 13.4. The molecule has 0 radical (unpaired) electrons. The average molecular weight is 328 g/mol. The molecule has 0 aliphatic rings. The highest BCUT2D eigenvalue weighted by Gasteiger charge is 2.05. The van der Waals surface area contributed by atoms with E-state index in [2.05, 4.69) is 15.9 Å². The molecule has 0 amide bonds. The Hall–Kier alpha value is -1.03. The Morgan fingerprint density at radius 2 is 1.83 bits per heavy atom. The van der Waals surface area contributed by atoms with Gasteiger partial charge in [0.1, 0.15) is 11.5 Å². The van der Waals surface area contributed by atoms with Crippen LogP contribution in [0.15, 0.2) is 46.9 Å². The summed E-state index contributed by atoms with van der Waals surface area (Å²) in [5.41, 5.74) is 0.859. The van der Waals surface area contributed by atoms with Crippen LogP contribution in [0.4, 0.5) is 0 Å². The molecule has 0 aliphatic heterocycles. The quantitative estimate of drug-likeness (QED) is 0.864. The summed E-state index contributed by atoms with van der Waals surface area (Å²) in [7, 11) is 0. The number of ether oxygens (including phenoxy) is 1. The molecule has 0 fully saturated rings. The molecule has 18 heavy (non-hydrogen) atoms. The molecule has 0 aliphatic carbocycles. The first-order chi connectivity index (χ1) is 8.56. The lowest BCUT2D eigenvalue weighted by Gasteiger charge is -2.09. The summed E-state index contributed by atoms with van der Waals surface area (Å²) >= 11 is 9.26. The average Bonchev–Trinajstić information content (AvgIpc) is 2.33. The van der Waals surface area contributed by atoms with Crippen LogP contribution >= 0.6 is 27.5 Å². The van der Waals surface area contributed by atoms with E-state index < -0.39 is 6.10 Å². The second-order valence-electron chi connectivity index (χ2n) is 3.92. The Morgan fingerprint density at radius 3 is 2.39 bits per heavy atom. The van der Waals surface area contributed by atoms with E-state index >= 15 is 0 Å². The molecular formula is C14H12BrClO2. The van der Waals surface area contributed by atoms with Crippen molar-refractivity contribution in [2.45, 2.75) is 13.0 Å². The maximum Gasteiger partial charge on any atom is 0.141 e. The lowest BCUT2D eigenvalue weighted by atomic mass is 10.1. The first-order valence-corrected chi connectivity index (χ1v) is 6.64. The summed E-state index contributed by atoms with van der Waals surface area (Å²) < 4.78 is 6.51. The molecule has 0 aromatic heterocycles. The predicted molar refractivity (Wildman–Crippen MR) is 76.3 cm³/mol. The third-order valence-electron chi connectivity index (χ3n) is 2.48. The fourth-order valence-electron chi connectivity index (χ4n) is 1.50. The van der Waals surface area contributed by atoms with Gasteiger partial charge in [0.2, 0.25) is 0 Å². The zero-order valence-corrected chi connectivity index (χ0v) is 12.1. The summed E-state index contributed by atoms with van der Waals surface area (Å²) in [6.45, 7) is 1.73. The molecule has 0 bridgehead atoms. The van der Waals surface area contributed by atoms with Crippen LogP contribution in [0.3, 0.4) is 0 Å². The maximum atomic E-state index is 9.42. The van der Waals surface area contributed by atoms with E-state index in [1.54, 1.807) is 25.1 Å². The van der Waals surface area contributed by atoms with Gasteiger partial charge >= 0.3 is 0 Å². The van der Waals surface area contributed by atoms with Crippen LogP contribution in [-0.4, -0.2) is 5.11 Å². The van der Waals surface area contributed by atoms with Crippen LogP contribution in [0.5, 0.6) is 11.5 Å². The minimum atomic E-state index is -0.471. The Morgan fingerprint density at radius 1 is 1.17 bits per heavy atom. The highest BCUT2D eigenvalue weighted by Crippen LogP contribution is 2.32. The summed E-state index contributed by atoms with van der Waals surface area (Å²) in [5, 5.41) is 10.1. The van der Waals surface area contributed by atoms with Gasteiger partial charge in [-0.2, -0.15) is 0 Å². The summed E-state index contributed by atoms with van der Waals surface area (Å²) in [5.74, 6) is 1.41. The molecular weight excluding hydrogens is 316 g/mol. The molecule has 2 nitrogen and oxygen atoms in total. The van der Waals surface area contributed by atoms with Crippen molar-refractivity contribution >= 4 is 27.5 Å². The van der Waals surface area contributed by atoms with E-state index in [0.29, 0.717) is 16.5 Å². The fraction of sp³-hybridized carbons (Fsp3) is 0.143. The largest absolute Gasteiger partial charge is 0.456 e. The fourth-order valence-corrected chi connectivity index (χ4v) is 2.26. The van der Waals surface area contributed by atoms with Crippen LogP contribution in [0, 0.1) is 0 Å². The van der Waals surface area contributed by atoms with Crippen molar-refractivity contribution in [1.29, 1.82) is 0 Å². The van der Waals surface area contributed by atoms with Gasteiger partial charge in [-0.3, -0.25) is 0 Å². The topological polar surface area (TPSA) is 29.5 Å². The number of hydrogen-bond donors (Lipinski definition) is 1. The molecule has 94 valence electrons. The lowest BCUT2D eigenvalue weighted by molar-refractivity contribution is 0.199. The van der Waals surface area contributed by atoms with Crippen molar-refractivity contribution in [2.75, 3.05) is 0 Å². The van der Waals surface area contributed by atoms with Crippen LogP contribution in [0.25, 0.3) is 0 Å². The van der Waals surface area contributed by atoms with E-state index in [1.165, 1.54) is 0 Å². The molecule has 2 rings (SSSR count). The van der Waals surface area contributed by atoms with Crippen LogP contribution < -0.4 is 4.74 Å². The first-order valence-electron chi connectivity index (χ1n) is 5.47. The van der Waals surface area contributed by atoms with Crippen LogP contribution in [0.1, 0.15) is 18.6 Å². The van der Waals surface area contributed by atoms with Gasteiger partial charge in [0, 0.05) is 5.02 Å². The minimum Gasteiger partial charge on any atom is -0.456 e. The molecule has 4 heteroatoms. The van der Waals surface area contributed by atoms with Crippen molar-refractivity contribution in [2.24, 2.45) is 0 Å². The Balaban J connectivity index is 2.18. The molecule has 2 aromatic rings. The van der Waals surface area contributed by atoms with E-state index in [-0.39, 0.29) is 0 Å². The summed E-state index contributed by atoms with van der Waals surface area (Å²) in [6, 6.07) is 12.7. The summed E-state index contributed by atoms with van der Waals surface area (Å²) in [6.07, 6.45) is -0.471. The lowest BCUT2D eigenvalue weighted by Crippen LogP contribution is -1.91. The number of aliphatic hydroxyl groups is 1. The van der Waals surface area contributed by atoms with Gasteiger partial charge in [-0.25, -0.2) is 0 Å². The normalized spacial score (nSPS) is 12.2. The molecule has 1 N–H and O–H groups in total. The molecule has 0 saturated carbocycles. The van der Waals surface area contributed by atoms with Crippen LogP contribution in [0.2, 0.25) is 5.02 Å². The van der Waals surface area contributed by atoms with Gasteiger partial charge in [0.25, 0.3) is 0 Å². The Kier molecular flexibility index (Phi) is 4.27. The Labute approximate surface area is 119 Å². The molecule has 0 saturated heterocycles. The second kappa shape index (κ2) is 5.74. The van der Waals surface area contributed by atoms with E-state index in [0.717, 1.165) is 10.0 Å². The van der Waals surface area contributed by atoms with Gasteiger partial charge in [0.15, 0.2) is 0 Å². The highest BCUT2D eigenvalue weighted by molar-refractivity contribution is 9.10. The van der Waals surface area contributed by atoms with Gasteiger partial charge in [0.05, 0.1) is 10.6 Å². The number of rotatable bonds is 3. The number of benzene rings is 2. The number of aliphatic hydroxyl groups excluding tert-OH is 1. The standard InChI is InChI=1S/C14H12BrClO2/c1-9(17)10-2-5-12(6-3-10)18-14-7-4-11(16)8-13(14)15/h2-9,17H,1H3/t9-/m0/s1. The second-order valence-corrected chi connectivity index (χ2v) is 5.21. The summed E-state index contributed by atoms with van der Waals surface area (Å²) in [4.78, 5) is 0. The SMILES string of the molecule is C[C@H](O)c1ccc(Oc2ccc(Cl)cc2Br)cc1. The van der Waals surface area contributed by atoms with Crippen molar-refractivity contribution in [1.82, 2.24) is 0 Å². The molecule has 1 atom stereocenters. The molecule has 0 spiro atoms. The van der Waals surface area contributed by atoms with E-state index in [4.69, 9.17) is 16.3 Å². The molecule has 0 heterocycles. The molecule has 0 unspecified atom stereocenters. The van der Waals surface area contributed by atoms with Gasteiger partial charge in [-0.1, -0.05) is 23.7 Å². The number of halogens is 2. The van der Waals surface area contributed by atoms with Crippen LogP contribution in [-0.2, 0) is 0 Å². The predicted octanol–water partition coefficient (Wildman–Crippen LogP) is 4.95. The van der Waals surface area contributed by atoms with Gasteiger partial charge < -0.3 is 9.84 Å². The minimum absolute atomic E-state index is 0.471.